The molecule has 3 unspecified atom stereocenters. The van der Waals surface area contributed by atoms with Crippen molar-refractivity contribution in [1.29, 1.82) is 0 Å². The molecule has 0 aliphatic carbocycles. The molecule has 2 bridgehead atoms. The van der Waals surface area contributed by atoms with Gasteiger partial charge < -0.3 is 19.7 Å². The number of nitrogens with zero attached hydrogens (tertiary/aromatic N) is 1. The third kappa shape index (κ3) is 1.89. The third-order valence-electron chi connectivity index (χ3n) is 4.68. The van der Waals surface area contributed by atoms with Crippen LogP contribution in [0.5, 0.6) is 5.75 Å². The van der Waals surface area contributed by atoms with E-state index in [-0.39, 0.29) is 17.9 Å². The minimum absolute atomic E-state index is 0.0204. The molecule has 112 valence electrons. The van der Waals surface area contributed by atoms with Crippen LogP contribution in [0.1, 0.15) is 35.8 Å². The number of thiocarbonyl (C=S) groups is 1. The highest BCUT2D eigenvalue weighted by Gasteiger charge is 2.51. The molecule has 3 atom stereocenters. The van der Waals surface area contributed by atoms with Gasteiger partial charge >= 0.3 is 5.97 Å². The lowest BCUT2D eigenvalue weighted by atomic mass is 9.81. The van der Waals surface area contributed by atoms with Gasteiger partial charge in [-0.05, 0) is 37.3 Å². The highest BCUT2D eigenvalue weighted by atomic mass is 32.1. The summed E-state index contributed by atoms with van der Waals surface area (Å²) in [4.78, 5) is 13.7. The van der Waals surface area contributed by atoms with E-state index in [4.69, 9.17) is 21.7 Å². The maximum Gasteiger partial charge on any atom is 0.337 e. The minimum Gasteiger partial charge on any atom is -0.467 e. The van der Waals surface area contributed by atoms with Crippen LogP contribution in [0.3, 0.4) is 0 Å². The molecule has 2 aliphatic rings. The highest BCUT2D eigenvalue weighted by molar-refractivity contribution is 7.80. The van der Waals surface area contributed by atoms with Gasteiger partial charge in [0.05, 0.1) is 18.7 Å². The lowest BCUT2D eigenvalue weighted by Gasteiger charge is -2.55. The lowest BCUT2D eigenvalue weighted by Crippen LogP contribution is -2.67. The molecule has 2 aliphatic heterocycles. The summed E-state index contributed by atoms with van der Waals surface area (Å²) in [5.41, 5.74) is 0.966. The molecular formula is C15H18N2O3S. The van der Waals surface area contributed by atoms with Crippen LogP contribution in [-0.2, 0) is 4.74 Å². The minimum atomic E-state index is -0.493. The predicted octanol–water partition coefficient (Wildman–Crippen LogP) is 2.08. The van der Waals surface area contributed by atoms with Gasteiger partial charge in [-0.15, -0.1) is 0 Å². The van der Waals surface area contributed by atoms with E-state index in [0.717, 1.165) is 11.3 Å². The van der Waals surface area contributed by atoms with Crippen molar-refractivity contribution in [3.63, 3.8) is 0 Å². The summed E-state index contributed by atoms with van der Waals surface area (Å²) >= 11 is 5.39. The number of hydrogen-bond acceptors (Lipinski definition) is 4. The second kappa shape index (κ2) is 4.59. The van der Waals surface area contributed by atoms with Crippen molar-refractivity contribution in [2.24, 2.45) is 5.92 Å². The molecular weight excluding hydrogens is 288 g/mol. The van der Waals surface area contributed by atoms with E-state index in [1.807, 2.05) is 31.0 Å². The van der Waals surface area contributed by atoms with E-state index in [1.54, 1.807) is 6.07 Å². The number of carbonyl (C=O) groups excluding carboxylic acids is 1. The van der Waals surface area contributed by atoms with Gasteiger partial charge in [0, 0.05) is 18.5 Å². The highest BCUT2D eigenvalue weighted by Crippen LogP contribution is 2.47. The first-order chi connectivity index (χ1) is 9.88. The standard InChI is InChI=1S/C15H18N2O3S/c1-8-12-10-7-9(13(18)19-4)5-6-11(10)20-15(8,2)17(3)14(21)16-12/h5-8,12H,1-4H3,(H,16,21). The lowest BCUT2D eigenvalue weighted by molar-refractivity contribution is -0.0998. The normalized spacial score (nSPS) is 30.1. The zero-order valence-corrected chi connectivity index (χ0v) is 13.3. The Kier molecular flexibility index (Phi) is 3.09. The van der Waals surface area contributed by atoms with E-state index in [0.29, 0.717) is 10.7 Å². The van der Waals surface area contributed by atoms with Crippen molar-refractivity contribution in [3.8, 4) is 5.75 Å². The van der Waals surface area contributed by atoms with Gasteiger partial charge in [-0.25, -0.2) is 4.79 Å². The molecule has 0 aromatic heterocycles. The number of rotatable bonds is 1. The van der Waals surface area contributed by atoms with E-state index in [9.17, 15) is 4.79 Å². The summed E-state index contributed by atoms with van der Waals surface area (Å²) < 4.78 is 11.0. The summed E-state index contributed by atoms with van der Waals surface area (Å²) in [5, 5.41) is 3.99. The van der Waals surface area contributed by atoms with Gasteiger partial charge in [0.2, 0.25) is 0 Å². The Hall–Kier alpha value is -1.82. The molecule has 3 rings (SSSR count). The first-order valence-corrected chi connectivity index (χ1v) is 7.25. The molecule has 0 amide bonds. The van der Waals surface area contributed by atoms with Crippen LogP contribution >= 0.6 is 12.2 Å². The van der Waals surface area contributed by atoms with Gasteiger partial charge in [0.1, 0.15) is 5.75 Å². The van der Waals surface area contributed by atoms with Crippen molar-refractivity contribution < 1.29 is 14.3 Å². The molecule has 1 N–H and O–H groups in total. The first-order valence-electron chi connectivity index (χ1n) is 6.84. The molecule has 0 radical (unpaired) electrons. The summed E-state index contributed by atoms with van der Waals surface area (Å²) in [6, 6.07) is 5.39. The second-order valence-electron chi connectivity index (χ2n) is 5.68. The number of ether oxygens (including phenoxy) is 2. The average Bonchev–Trinajstić information content (AvgIpc) is 2.48. The van der Waals surface area contributed by atoms with Crippen LogP contribution in [0.4, 0.5) is 0 Å². The second-order valence-corrected chi connectivity index (χ2v) is 6.06. The SMILES string of the molecule is COC(=O)c1ccc2c(c1)C1NC(=S)N(C)C(C)(O2)C1C. The van der Waals surface area contributed by atoms with Crippen LogP contribution in [0, 0.1) is 5.92 Å². The molecule has 2 heterocycles. The van der Waals surface area contributed by atoms with Gasteiger partial charge in [-0.3, -0.25) is 0 Å². The average molecular weight is 306 g/mol. The quantitative estimate of drug-likeness (QED) is 0.633. The van der Waals surface area contributed by atoms with Gasteiger partial charge in [-0.2, -0.15) is 0 Å². The van der Waals surface area contributed by atoms with Crippen LogP contribution in [0.2, 0.25) is 0 Å². The predicted molar refractivity (Wildman–Crippen MR) is 82.2 cm³/mol. The maximum atomic E-state index is 11.7. The molecule has 21 heavy (non-hydrogen) atoms. The molecule has 1 fully saturated rings. The van der Waals surface area contributed by atoms with Crippen LogP contribution in [0.25, 0.3) is 0 Å². The number of methoxy groups -OCH3 is 1. The van der Waals surface area contributed by atoms with Crippen LogP contribution in [0.15, 0.2) is 18.2 Å². The van der Waals surface area contributed by atoms with Crippen molar-refractivity contribution in [3.05, 3.63) is 29.3 Å². The summed E-state index contributed by atoms with van der Waals surface area (Å²) in [6.45, 7) is 4.15. The Labute approximate surface area is 129 Å². The third-order valence-corrected chi connectivity index (χ3v) is 5.07. The van der Waals surface area contributed by atoms with E-state index in [2.05, 4.69) is 12.2 Å². The Bertz CT molecular complexity index is 633. The maximum absolute atomic E-state index is 11.7. The molecule has 1 aromatic carbocycles. The van der Waals surface area contributed by atoms with E-state index in [1.165, 1.54) is 7.11 Å². The van der Waals surface area contributed by atoms with Crippen molar-refractivity contribution in [2.45, 2.75) is 25.6 Å². The Morgan fingerprint density at radius 3 is 2.90 bits per heavy atom. The topological polar surface area (TPSA) is 50.8 Å². The fourth-order valence-electron chi connectivity index (χ4n) is 3.03. The fraction of sp³-hybridized carbons (Fsp3) is 0.467. The first kappa shape index (κ1) is 14.1. The number of fused-ring (bicyclic) bond motifs is 4. The zero-order chi connectivity index (χ0) is 15.4. The summed E-state index contributed by atoms with van der Waals surface area (Å²) in [6.07, 6.45) is 0. The Balaban J connectivity index is 2.11. The number of esters is 1. The summed E-state index contributed by atoms with van der Waals surface area (Å²) in [7, 11) is 3.30. The molecule has 1 aromatic rings. The van der Waals surface area contributed by atoms with E-state index < -0.39 is 5.72 Å². The van der Waals surface area contributed by atoms with Gasteiger partial charge in [0.25, 0.3) is 0 Å². The summed E-state index contributed by atoms with van der Waals surface area (Å²) in [5.74, 6) is 0.596. The Morgan fingerprint density at radius 2 is 2.24 bits per heavy atom. The van der Waals surface area contributed by atoms with Crippen LogP contribution < -0.4 is 10.1 Å². The number of benzene rings is 1. The van der Waals surface area contributed by atoms with Crippen LogP contribution in [-0.4, -0.2) is 35.9 Å². The molecule has 5 nitrogen and oxygen atoms in total. The van der Waals surface area contributed by atoms with Crippen molar-refractivity contribution in [2.75, 3.05) is 14.2 Å². The van der Waals surface area contributed by atoms with E-state index >= 15 is 0 Å². The fourth-order valence-corrected chi connectivity index (χ4v) is 3.34. The number of carbonyl (C=O) groups is 1. The van der Waals surface area contributed by atoms with Crippen molar-refractivity contribution in [1.82, 2.24) is 10.2 Å². The largest absolute Gasteiger partial charge is 0.467 e. The van der Waals surface area contributed by atoms with Gasteiger partial charge in [-0.1, -0.05) is 6.92 Å². The van der Waals surface area contributed by atoms with Gasteiger partial charge in [0.15, 0.2) is 10.8 Å². The number of hydrogen-bond donors (Lipinski definition) is 1. The number of nitrogens with one attached hydrogen (secondary N) is 1. The van der Waals surface area contributed by atoms with Crippen molar-refractivity contribution >= 4 is 23.3 Å². The molecule has 6 heteroatoms. The monoisotopic (exact) mass is 306 g/mol. The molecule has 0 spiro atoms. The zero-order valence-electron chi connectivity index (χ0n) is 12.5. The molecule has 0 saturated carbocycles. The smallest absolute Gasteiger partial charge is 0.337 e. The Morgan fingerprint density at radius 1 is 1.52 bits per heavy atom. The molecule has 1 saturated heterocycles.